The second kappa shape index (κ2) is 6.32. The van der Waals surface area contributed by atoms with Crippen molar-refractivity contribution in [3.63, 3.8) is 0 Å². The van der Waals surface area contributed by atoms with Crippen molar-refractivity contribution in [1.29, 1.82) is 0 Å². The highest BCUT2D eigenvalue weighted by Crippen LogP contribution is 2.20. The van der Waals surface area contributed by atoms with E-state index in [1.807, 2.05) is 36.5 Å². The number of urea groups is 1. The second-order valence-electron chi connectivity index (χ2n) is 4.56. The number of aromatic nitrogens is 2. The van der Waals surface area contributed by atoms with Crippen LogP contribution in [0, 0.1) is 0 Å². The third-order valence-corrected chi connectivity index (χ3v) is 3.35. The van der Waals surface area contributed by atoms with Gasteiger partial charge in [0.25, 0.3) is 0 Å². The molecule has 0 unspecified atom stereocenters. The highest BCUT2D eigenvalue weighted by atomic mass is 35.5. The van der Waals surface area contributed by atoms with Crippen LogP contribution in [-0.4, -0.2) is 15.8 Å². The molecule has 0 saturated heterocycles. The summed E-state index contributed by atoms with van der Waals surface area (Å²) >= 11 is 6.00. The lowest BCUT2D eigenvalue weighted by molar-refractivity contribution is 0.262. The molecule has 2 aromatic carbocycles. The van der Waals surface area contributed by atoms with E-state index in [0.29, 0.717) is 16.4 Å². The maximum atomic E-state index is 11.9. The Morgan fingerprint density at radius 1 is 1.00 bits per heavy atom. The van der Waals surface area contributed by atoms with Crippen LogP contribution in [0.1, 0.15) is 0 Å². The van der Waals surface area contributed by atoms with Crippen molar-refractivity contribution < 1.29 is 4.79 Å². The molecule has 0 radical (unpaired) electrons. The molecule has 0 aliphatic heterocycles. The first-order valence-corrected chi connectivity index (χ1v) is 7.03. The van der Waals surface area contributed by atoms with Crippen LogP contribution in [0.4, 0.5) is 16.2 Å². The van der Waals surface area contributed by atoms with E-state index >= 15 is 0 Å². The quantitative estimate of drug-likeness (QED) is 0.762. The van der Waals surface area contributed by atoms with Gasteiger partial charge in [0.2, 0.25) is 0 Å². The van der Waals surface area contributed by atoms with Crippen LogP contribution in [0.15, 0.2) is 67.0 Å². The molecular weight excluding hydrogens is 300 g/mol. The number of halogens is 1. The molecular formula is C16H13ClN4O. The maximum absolute atomic E-state index is 11.9. The molecule has 0 saturated carbocycles. The molecule has 0 aliphatic carbocycles. The lowest BCUT2D eigenvalue weighted by atomic mass is 10.3. The van der Waals surface area contributed by atoms with Crippen LogP contribution in [0.25, 0.3) is 5.69 Å². The van der Waals surface area contributed by atoms with Crippen LogP contribution in [0.2, 0.25) is 5.02 Å². The highest BCUT2D eigenvalue weighted by Gasteiger charge is 2.05. The number of para-hydroxylation sites is 1. The molecule has 0 spiro atoms. The molecule has 0 aliphatic rings. The summed E-state index contributed by atoms with van der Waals surface area (Å²) in [6, 6.07) is 15.9. The Bertz CT molecular complexity index is 769. The highest BCUT2D eigenvalue weighted by molar-refractivity contribution is 6.33. The Morgan fingerprint density at radius 2 is 1.77 bits per heavy atom. The fourth-order valence-electron chi connectivity index (χ4n) is 1.97. The molecule has 0 bridgehead atoms. The molecule has 1 aromatic heterocycles. The van der Waals surface area contributed by atoms with E-state index in [-0.39, 0.29) is 6.03 Å². The zero-order valence-electron chi connectivity index (χ0n) is 11.5. The van der Waals surface area contributed by atoms with Gasteiger partial charge in [0.1, 0.15) is 0 Å². The molecule has 6 heteroatoms. The van der Waals surface area contributed by atoms with E-state index in [2.05, 4.69) is 15.7 Å². The summed E-state index contributed by atoms with van der Waals surface area (Å²) in [5.41, 5.74) is 2.16. The van der Waals surface area contributed by atoms with Gasteiger partial charge in [-0.25, -0.2) is 9.48 Å². The number of nitrogens with zero attached hydrogens (tertiary/aromatic N) is 2. The summed E-state index contributed by atoms with van der Waals surface area (Å²) in [5, 5.41) is 10.1. The third-order valence-electron chi connectivity index (χ3n) is 3.02. The minimum Gasteiger partial charge on any atom is -0.308 e. The van der Waals surface area contributed by atoms with E-state index in [0.717, 1.165) is 5.69 Å². The Morgan fingerprint density at radius 3 is 2.45 bits per heavy atom. The van der Waals surface area contributed by atoms with Gasteiger partial charge >= 0.3 is 6.03 Å². The SMILES string of the molecule is O=C(Nc1ccc(-n2cccn2)cc1)Nc1ccccc1Cl. The number of carbonyl (C=O) groups excluding carboxylic acids is 1. The molecule has 0 fully saturated rings. The van der Waals surface area contributed by atoms with Crippen LogP contribution in [-0.2, 0) is 0 Å². The van der Waals surface area contributed by atoms with Crippen LogP contribution in [0.5, 0.6) is 0 Å². The summed E-state index contributed by atoms with van der Waals surface area (Å²) in [5.74, 6) is 0. The van der Waals surface area contributed by atoms with Gasteiger partial charge in [-0.1, -0.05) is 23.7 Å². The van der Waals surface area contributed by atoms with Crippen molar-refractivity contribution in [3.05, 3.63) is 72.0 Å². The topological polar surface area (TPSA) is 59.0 Å². The molecule has 1 heterocycles. The number of nitrogens with one attached hydrogen (secondary N) is 2. The molecule has 110 valence electrons. The molecule has 2 amide bonds. The molecule has 0 atom stereocenters. The maximum Gasteiger partial charge on any atom is 0.323 e. The van der Waals surface area contributed by atoms with Gasteiger partial charge in [0, 0.05) is 18.1 Å². The molecule has 5 nitrogen and oxygen atoms in total. The largest absolute Gasteiger partial charge is 0.323 e. The summed E-state index contributed by atoms with van der Waals surface area (Å²) in [4.78, 5) is 11.9. The molecule has 22 heavy (non-hydrogen) atoms. The third kappa shape index (κ3) is 3.27. The standard InChI is InChI=1S/C16H13ClN4O/c17-14-4-1-2-5-15(14)20-16(22)19-12-6-8-13(9-7-12)21-11-3-10-18-21/h1-11H,(H2,19,20,22). The van der Waals surface area contributed by atoms with Gasteiger partial charge in [-0.15, -0.1) is 0 Å². The first-order valence-electron chi connectivity index (χ1n) is 6.65. The van der Waals surface area contributed by atoms with E-state index < -0.39 is 0 Å². The number of benzene rings is 2. The van der Waals surface area contributed by atoms with E-state index in [1.54, 1.807) is 35.1 Å². The Kier molecular flexibility index (Phi) is 4.07. The Balaban J connectivity index is 1.66. The second-order valence-corrected chi connectivity index (χ2v) is 4.96. The minimum atomic E-state index is -0.347. The monoisotopic (exact) mass is 312 g/mol. The zero-order chi connectivity index (χ0) is 15.4. The van der Waals surface area contributed by atoms with Crippen LogP contribution < -0.4 is 10.6 Å². The van der Waals surface area contributed by atoms with Crippen LogP contribution in [0.3, 0.4) is 0 Å². The lowest BCUT2D eigenvalue weighted by Crippen LogP contribution is -2.19. The number of anilines is 2. The number of hydrogen-bond acceptors (Lipinski definition) is 2. The van der Waals surface area contributed by atoms with Gasteiger partial charge in [0.15, 0.2) is 0 Å². The van der Waals surface area contributed by atoms with Crippen molar-refractivity contribution in [3.8, 4) is 5.69 Å². The van der Waals surface area contributed by atoms with Crippen molar-refractivity contribution in [2.24, 2.45) is 0 Å². The number of amides is 2. The summed E-state index contributed by atoms with van der Waals surface area (Å²) in [6.45, 7) is 0. The van der Waals surface area contributed by atoms with E-state index in [9.17, 15) is 4.79 Å². The molecule has 3 aromatic rings. The Labute approximate surface area is 132 Å². The predicted molar refractivity (Wildman–Crippen MR) is 87.7 cm³/mol. The number of rotatable bonds is 3. The average Bonchev–Trinajstić information content (AvgIpc) is 3.05. The fourth-order valence-corrected chi connectivity index (χ4v) is 2.15. The summed E-state index contributed by atoms with van der Waals surface area (Å²) in [6.07, 6.45) is 3.57. The van der Waals surface area contributed by atoms with Crippen molar-refractivity contribution >= 4 is 29.0 Å². The Hall–Kier alpha value is -2.79. The van der Waals surface area contributed by atoms with Crippen molar-refractivity contribution in [2.45, 2.75) is 0 Å². The fraction of sp³-hybridized carbons (Fsp3) is 0. The number of carbonyl (C=O) groups is 1. The lowest BCUT2D eigenvalue weighted by Gasteiger charge is -2.09. The average molecular weight is 313 g/mol. The van der Waals surface area contributed by atoms with Gasteiger partial charge in [-0.2, -0.15) is 5.10 Å². The van der Waals surface area contributed by atoms with Crippen molar-refractivity contribution in [2.75, 3.05) is 10.6 Å². The smallest absolute Gasteiger partial charge is 0.308 e. The van der Waals surface area contributed by atoms with Crippen LogP contribution >= 0.6 is 11.6 Å². The van der Waals surface area contributed by atoms with Crippen molar-refractivity contribution in [1.82, 2.24) is 9.78 Å². The van der Waals surface area contributed by atoms with E-state index in [4.69, 9.17) is 11.6 Å². The minimum absolute atomic E-state index is 0.347. The predicted octanol–water partition coefficient (Wildman–Crippen LogP) is 4.17. The van der Waals surface area contributed by atoms with Gasteiger partial charge in [-0.05, 0) is 42.5 Å². The first kappa shape index (κ1) is 14.2. The van der Waals surface area contributed by atoms with Gasteiger partial charge in [0.05, 0.1) is 16.4 Å². The van der Waals surface area contributed by atoms with Gasteiger partial charge in [-0.3, -0.25) is 0 Å². The van der Waals surface area contributed by atoms with E-state index in [1.165, 1.54) is 0 Å². The normalized spacial score (nSPS) is 10.2. The molecule has 2 N–H and O–H groups in total. The zero-order valence-corrected chi connectivity index (χ0v) is 12.3. The first-order chi connectivity index (χ1) is 10.7. The van der Waals surface area contributed by atoms with Gasteiger partial charge < -0.3 is 10.6 Å². The number of hydrogen-bond donors (Lipinski definition) is 2. The molecule has 3 rings (SSSR count). The summed E-state index contributed by atoms with van der Waals surface area (Å²) in [7, 11) is 0. The summed E-state index contributed by atoms with van der Waals surface area (Å²) < 4.78 is 1.74.